The second-order valence-corrected chi connectivity index (χ2v) is 6.30. The topological polar surface area (TPSA) is 72.8 Å². The number of aryl methyl sites for hydroxylation is 1. The van der Waals surface area contributed by atoms with Crippen molar-refractivity contribution in [2.45, 2.75) is 25.7 Å². The number of hydrogen-bond acceptors (Lipinski definition) is 3. The Morgan fingerprint density at radius 3 is 2.38 bits per heavy atom. The SMILES string of the molecule is Cc1ccc(NC(=O)N2CCC(c3ccc(O)cc3O)CC2)cc1. The number of amides is 2. The van der Waals surface area contributed by atoms with Gasteiger partial charge in [-0.05, 0) is 49.4 Å². The zero-order valence-electron chi connectivity index (χ0n) is 13.7. The second-order valence-electron chi connectivity index (χ2n) is 6.30. The lowest BCUT2D eigenvalue weighted by atomic mass is 9.89. The molecule has 0 aromatic heterocycles. The van der Waals surface area contributed by atoms with Gasteiger partial charge >= 0.3 is 6.03 Å². The Morgan fingerprint density at radius 2 is 1.75 bits per heavy atom. The van der Waals surface area contributed by atoms with E-state index in [1.807, 2.05) is 31.2 Å². The van der Waals surface area contributed by atoms with E-state index < -0.39 is 0 Å². The molecule has 0 radical (unpaired) electrons. The first-order chi connectivity index (χ1) is 11.5. The van der Waals surface area contributed by atoms with E-state index in [-0.39, 0.29) is 23.4 Å². The van der Waals surface area contributed by atoms with Crippen LogP contribution in [0.15, 0.2) is 42.5 Å². The number of hydrogen-bond donors (Lipinski definition) is 3. The van der Waals surface area contributed by atoms with Crippen molar-refractivity contribution in [2.75, 3.05) is 18.4 Å². The van der Waals surface area contributed by atoms with Gasteiger partial charge in [0.15, 0.2) is 0 Å². The van der Waals surface area contributed by atoms with Crippen LogP contribution in [0, 0.1) is 6.92 Å². The minimum atomic E-state index is -0.0905. The summed E-state index contributed by atoms with van der Waals surface area (Å²) in [5.74, 6) is 0.387. The molecule has 0 aliphatic carbocycles. The van der Waals surface area contributed by atoms with E-state index in [1.54, 1.807) is 17.0 Å². The summed E-state index contributed by atoms with van der Waals surface area (Å²) >= 11 is 0. The van der Waals surface area contributed by atoms with Crippen molar-refractivity contribution in [3.8, 4) is 11.5 Å². The lowest BCUT2D eigenvalue weighted by Gasteiger charge is -2.32. The molecule has 3 rings (SSSR count). The number of anilines is 1. The highest BCUT2D eigenvalue weighted by molar-refractivity contribution is 5.89. The van der Waals surface area contributed by atoms with Crippen LogP contribution in [0.2, 0.25) is 0 Å². The number of piperidine rings is 1. The summed E-state index contributed by atoms with van der Waals surface area (Å²) in [6.07, 6.45) is 1.58. The number of phenols is 2. The van der Waals surface area contributed by atoms with E-state index in [9.17, 15) is 15.0 Å². The molecule has 2 amide bonds. The second kappa shape index (κ2) is 6.83. The smallest absolute Gasteiger partial charge is 0.321 e. The molecule has 1 aliphatic heterocycles. The molecular formula is C19H22N2O3. The van der Waals surface area contributed by atoms with Crippen LogP contribution in [0.3, 0.4) is 0 Å². The lowest BCUT2D eigenvalue weighted by Crippen LogP contribution is -2.40. The predicted molar refractivity (Wildman–Crippen MR) is 93.5 cm³/mol. The van der Waals surface area contributed by atoms with E-state index in [2.05, 4.69) is 5.32 Å². The number of nitrogens with one attached hydrogen (secondary N) is 1. The third kappa shape index (κ3) is 3.62. The summed E-state index contributed by atoms with van der Waals surface area (Å²) < 4.78 is 0. The monoisotopic (exact) mass is 326 g/mol. The van der Waals surface area contributed by atoms with Crippen LogP contribution in [0.5, 0.6) is 11.5 Å². The average Bonchev–Trinajstić information content (AvgIpc) is 2.57. The summed E-state index contributed by atoms with van der Waals surface area (Å²) in [5, 5.41) is 22.3. The van der Waals surface area contributed by atoms with Gasteiger partial charge in [0.1, 0.15) is 11.5 Å². The van der Waals surface area contributed by atoms with E-state index in [1.165, 1.54) is 6.07 Å². The molecule has 0 bridgehead atoms. The maximum atomic E-state index is 12.3. The van der Waals surface area contributed by atoms with Crippen LogP contribution in [0.4, 0.5) is 10.5 Å². The molecule has 0 unspecified atom stereocenters. The normalized spacial score (nSPS) is 15.3. The fourth-order valence-electron chi connectivity index (χ4n) is 3.11. The Bertz CT molecular complexity index is 720. The van der Waals surface area contributed by atoms with Gasteiger partial charge in [-0.2, -0.15) is 0 Å². The zero-order chi connectivity index (χ0) is 17.1. The number of rotatable bonds is 2. The van der Waals surface area contributed by atoms with Crippen LogP contribution < -0.4 is 5.32 Å². The number of phenolic OH excluding ortho intramolecular Hbond substituents is 2. The van der Waals surface area contributed by atoms with E-state index >= 15 is 0 Å². The summed E-state index contributed by atoms with van der Waals surface area (Å²) in [6.45, 7) is 3.29. The summed E-state index contributed by atoms with van der Waals surface area (Å²) in [7, 11) is 0. The van der Waals surface area contributed by atoms with E-state index in [0.29, 0.717) is 13.1 Å². The van der Waals surface area contributed by atoms with Gasteiger partial charge in [0.2, 0.25) is 0 Å². The number of nitrogens with zero attached hydrogens (tertiary/aromatic N) is 1. The Hall–Kier alpha value is -2.69. The maximum Gasteiger partial charge on any atom is 0.321 e. The van der Waals surface area contributed by atoms with Crippen molar-refractivity contribution < 1.29 is 15.0 Å². The van der Waals surface area contributed by atoms with Crippen LogP contribution in [-0.2, 0) is 0 Å². The minimum Gasteiger partial charge on any atom is -0.508 e. The van der Waals surface area contributed by atoms with Crippen molar-refractivity contribution in [1.82, 2.24) is 4.90 Å². The molecule has 2 aromatic rings. The number of aromatic hydroxyl groups is 2. The molecule has 5 nitrogen and oxygen atoms in total. The van der Waals surface area contributed by atoms with Gasteiger partial charge in [0.05, 0.1) is 0 Å². The Kier molecular flexibility index (Phi) is 4.60. The van der Waals surface area contributed by atoms with Gasteiger partial charge in [-0.15, -0.1) is 0 Å². The first kappa shape index (κ1) is 16.2. The fourth-order valence-corrected chi connectivity index (χ4v) is 3.11. The molecule has 2 aromatic carbocycles. The zero-order valence-corrected chi connectivity index (χ0v) is 13.7. The first-order valence-corrected chi connectivity index (χ1v) is 8.17. The predicted octanol–water partition coefficient (Wildman–Crippen LogP) is 3.82. The van der Waals surface area contributed by atoms with Gasteiger partial charge in [0.25, 0.3) is 0 Å². The van der Waals surface area contributed by atoms with Gasteiger partial charge in [-0.3, -0.25) is 0 Å². The largest absolute Gasteiger partial charge is 0.508 e. The fraction of sp³-hybridized carbons (Fsp3) is 0.316. The number of urea groups is 1. The third-order valence-electron chi connectivity index (χ3n) is 4.54. The summed E-state index contributed by atoms with van der Waals surface area (Å²) in [5.41, 5.74) is 2.79. The highest BCUT2D eigenvalue weighted by Gasteiger charge is 2.25. The average molecular weight is 326 g/mol. The number of carbonyl (C=O) groups excluding carboxylic acids is 1. The summed E-state index contributed by atoms with van der Waals surface area (Å²) in [4.78, 5) is 14.1. The molecule has 0 atom stereocenters. The Morgan fingerprint density at radius 1 is 1.08 bits per heavy atom. The van der Waals surface area contributed by atoms with Crippen LogP contribution in [-0.4, -0.2) is 34.2 Å². The van der Waals surface area contributed by atoms with Gasteiger partial charge in [-0.25, -0.2) is 4.79 Å². The van der Waals surface area contributed by atoms with E-state index in [4.69, 9.17) is 0 Å². The quantitative estimate of drug-likeness (QED) is 0.785. The molecule has 1 heterocycles. The molecular weight excluding hydrogens is 304 g/mol. The highest BCUT2D eigenvalue weighted by atomic mass is 16.3. The Balaban J connectivity index is 1.58. The maximum absolute atomic E-state index is 12.3. The van der Waals surface area contributed by atoms with E-state index in [0.717, 1.165) is 29.7 Å². The van der Waals surface area contributed by atoms with Crippen LogP contribution in [0.25, 0.3) is 0 Å². The van der Waals surface area contributed by atoms with Crippen molar-refractivity contribution >= 4 is 11.7 Å². The molecule has 3 N–H and O–H groups in total. The molecule has 0 spiro atoms. The van der Waals surface area contributed by atoms with Crippen LogP contribution >= 0.6 is 0 Å². The lowest BCUT2D eigenvalue weighted by molar-refractivity contribution is 0.194. The standard InChI is InChI=1S/C19H22N2O3/c1-13-2-4-15(5-3-13)20-19(24)21-10-8-14(9-11-21)17-7-6-16(22)12-18(17)23/h2-7,12,14,22-23H,8-11H2,1H3,(H,20,24). The highest BCUT2D eigenvalue weighted by Crippen LogP contribution is 2.35. The van der Waals surface area contributed by atoms with Crippen molar-refractivity contribution in [3.63, 3.8) is 0 Å². The third-order valence-corrected chi connectivity index (χ3v) is 4.54. The molecule has 5 heteroatoms. The molecule has 126 valence electrons. The molecule has 1 fully saturated rings. The van der Waals surface area contributed by atoms with Gasteiger partial charge in [-0.1, -0.05) is 23.8 Å². The first-order valence-electron chi connectivity index (χ1n) is 8.17. The van der Waals surface area contributed by atoms with Gasteiger partial charge < -0.3 is 20.4 Å². The number of likely N-dealkylation sites (tertiary alicyclic amines) is 1. The van der Waals surface area contributed by atoms with Crippen molar-refractivity contribution in [1.29, 1.82) is 0 Å². The molecule has 1 saturated heterocycles. The summed E-state index contributed by atoms with van der Waals surface area (Å²) in [6, 6.07) is 12.4. The Labute approximate surface area is 141 Å². The minimum absolute atomic E-state index is 0.0613. The molecule has 0 saturated carbocycles. The van der Waals surface area contributed by atoms with Crippen molar-refractivity contribution in [3.05, 3.63) is 53.6 Å². The van der Waals surface area contributed by atoms with Crippen molar-refractivity contribution in [2.24, 2.45) is 0 Å². The van der Waals surface area contributed by atoms with Crippen LogP contribution in [0.1, 0.15) is 29.9 Å². The number of carbonyl (C=O) groups is 1. The van der Waals surface area contributed by atoms with Gasteiger partial charge in [0, 0.05) is 24.8 Å². The number of benzene rings is 2. The molecule has 1 aliphatic rings. The molecule has 24 heavy (non-hydrogen) atoms.